The van der Waals surface area contributed by atoms with Gasteiger partial charge in [0.2, 0.25) is 0 Å². The molecular weight excluding hydrogens is 235 g/mol. The van der Waals surface area contributed by atoms with Gasteiger partial charge in [0.05, 0.1) is 6.16 Å². The Morgan fingerprint density at radius 2 is 1.81 bits per heavy atom. The quantitative estimate of drug-likeness (QED) is 0.664. The molecule has 0 amide bonds. The monoisotopic (exact) mass is 246 g/mol. The smallest absolute Gasteiger partial charge is 0.341 e. The van der Waals surface area contributed by atoms with E-state index >= 15 is 0 Å². The molecule has 0 spiro atoms. The molecule has 0 atom stereocenters. The van der Waals surface area contributed by atoms with E-state index in [1.807, 2.05) is 0 Å². The second-order valence-electron chi connectivity index (χ2n) is 3.15. The zero-order valence-corrected chi connectivity index (χ0v) is 9.13. The van der Waals surface area contributed by atoms with Crippen LogP contribution in [0.25, 0.3) is 0 Å². The van der Waals surface area contributed by atoms with Crippen molar-refractivity contribution in [2.45, 2.75) is 6.16 Å². The molecule has 0 heterocycles. The number of rotatable bonds is 5. The molecule has 88 valence electrons. The maximum Gasteiger partial charge on any atom is 0.341 e. The number of carboxylic acid groups (broad SMARTS) is 1. The molecule has 7 heteroatoms. The van der Waals surface area contributed by atoms with E-state index in [1.54, 1.807) is 0 Å². The van der Waals surface area contributed by atoms with Gasteiger partial charge in [-0.1, -0.05) is 12.1 Å². The molecule has 3 N–H and O–H groups in total. The Kier molecular flexibility index (Phi) is 4.06. The van der Waals surface area contributed by atoms with Crippen LogP contribution in [-0.4, -0.2) is 27.5 Å². The highest BCUT2D eigenvalue weighted by Gasteiger charge is 2.13. The first-order valence-corrected chi connectivity index (χ1v) is 6.15. The Morgan fingerprint density at radius 1 is 1.25 bits per heavy atom. The van der Waals surface area contributed by atoms with Crippen LogP contribution in [0, 0.1) is 0 Å². The summed E-state index contributed by atoms with van der Waals surface area (Å²) < 4.78 is 15.5. The summed E-state index contributed by atoms with van der Waals surface area (Å²) in [4.78, 5) is 27.6. The second kappa shape index (κ2) is 5.12. The van der Waals surface area contributed by atoms with Crippen LogP contribution in [0.4, 0.5) is 0 Å². The van der Waals surface area contributed by atoms with Crippen LogP contribution in [-0.2, 0) is 15.5 Å². The van der Waals surface area contributed by atoms with Gasteiger partial charge in [-0.2, -0.15) is 0 Å². The average molecular weight is 246 g/mol. The average Bonchev–Trinajstić information content (AvgIpc) is 2.14. The van der Waals surface area contributed by atoms with Crippen molar-refractivity contribution in [2.24, 2.45) is 0 Å². The summed E-state index contributed by atoms with van der Waals surface area (Å²) in [5.74, 6) is -0.740. The number of carboxylic acids is 1. The summed E-state index contributed by atoms with van der Waals surface area (Å²) >= 11 is 0. The first kappa shape index (κ1) is 12.7. The zero-order chi connectivity index (χ0) is 12.2. The molecule has 0 aliphatic carbocycles. The van der Waals surface area contributed by atoms with Crippen molar-refractivity contribution in [3.05, 3.63) is 29.8 Å². The maximum atomic E-state index is 10.7. The molecule has 16 heavy (non-hydrogen) atoms. The lowest BCUT2D eigenvalue weighted by molar-refractivity contribution is -0.139. The van der Waals surface area contributed by atoms with Gasteiger partial charge in [-0.05, 0) is 17.7 Å². The lowest BCUT2D eigenvalue weighted by atomic mass is 10.2. The van der Waals surface area contributed by atoms with Gasteiger partial charge in [0.1, 0.15) is 5.75 Å². The van der Waals surface area contributed by atoms with Gasteiger partial charge in [0.25, 0.3) is 0 Å². The topological polar surface area (TPSA) is 104 Å². The molecule has 0 aliphatic rings. The Labute approximate surface area is 91.6 Å². The number of hydrogen-bond donors (Lipinski definition) is 3. The largest absolute Gasteiger partial charge is 0.482 e. The van der Waals surface area contributed by atoms with Crippen molar-refractivity contribution >= 4 is 13.6 Å². The van der Waals surface area contributed by atoms with E-state index in [-0.39, 0.29) is 6.16 Å². The number of hydrogen-bond acceptors (Lipinski definition) is 3. The normalized spacial score (nSPS) is 11.1. The summed E-state index contributed by atoms with van der Waals surface area (Å²) in [5.41, 5.74) is 0.469. The summed E-state index contributed by atoms with van der Waals surface area (Å²) in [6.45, 7) is -0.447. The number of benzene rings is 1. The fourth-order valence-electron chi connectivity index (χ4n) is 1.07. The van der Waals surface area contributed by atoms with Crippen LogP contribution in [0.5, 0.6) is 5.75 Å². The molecule has 0 saturated heterocycles. The third-order valence-electron chi connectivity index (χ3n) is 1.67. The first-order valence-electron chi connectivity index (χ1n) is 4.35. The fraction of sp³-hybridized carbons (Fsp3) is 0.222. The Bertz CT molecular complexity index is 407. The van der Waals surface area contributed by atoms with Crippen molar-refractivity contribution in [2.75, 3.05) is 6.61 Å². The summed E-state index contributed by atoms with van der Waals surface area (Å²) in [6.07, 6.45) is -0.341. The molecule has 1 rings (SSSR count). The minimum atomic E-state index is -4.07. The second-order valence-corrected chi connectivity index (χ2v) is 4.79. The van der Waals surface area contributed by atoms with Gasteiger partial charge in [-0.25, -0.2) is 4.79 Å². The Hall–Kier alpha value is -1.36. The van der Waals surface area contributed by atoms with Crippen LogP contribution >= 0.6 is 7.60 Å². The highest BCUT2D eigenvalue weighted by atomic mass is 31.2. The number of ether oxygens (including phenoxy) is 1. The van der Waals surface area contributed by atoms with Crippen LogP contribution in [0.15, 0.2) is 24.3 Å². The Morgan fingerprint density at radius 3 is 2.25 bits per heavy atom. The van der Waals surface area contributed by atoms with Crippen molar-refractivity contribution in [1.29, 1.82) is 0 Å². The minimum absolute atomic E-state index is 0.341. The van der Waals surface area contributed by atoms with Gasteiger partial charge >= 0.3 is 13.6 Å². The third kappa shape index (κ3) is 4.93. The Balaban J connectivity index is 2.61. The molecule has 1 aromatic rings. The van der Waals surface area contributed by atoms with Crippen molar-refractivity contribution < 1.29 is 29.0 Å². The van der Waals surface area contributed by atoms with E-state index < -0.39 is 20.2 Å². The van der Waals surface area contributed by atoms with E-state index in [9.17, 15) is 9.36 Å². The van der Waals surface area contributed by atoms with E-state index in [2.05, 4.69) is 0 Å². The van der Waals surface area contributed by atoms with Gasteiger partial charge < -0.3 is 19.6 Å². The van der Waals surface area contributed by atoms with Gasteiger partial charge in [-0.15, -0.1) is 0 Å². The van der Waals surface area contributed by atoms with Gasteiger partial charge in [-0.3, -0.25) is 4.57 Å². The predicted molar refractivity (Wildman–Crippen MR) is 55.3 cm³/mol. The number of aliphatic carboxylic acids is 1. The maximum absolute atomic E-state index is 10.7. The molecular formula is C9H11O6P. The van der Waals surface area contributed by atoms with Crippen LogP contribution in [0.1, 0.15) is 5.56 Å². The van der Waals surface area contributed by atoms with Crippen LogP contribution in [0.2, 0.25) is 0 Å². The standard InChI is InChI=1S/C9H11O6P/c10-9(11)5-15-8-3-1-7(2-4-8)6-16(12,13)14/h1-4H,5-6H2,(H,10,11)(H2,12,13,14). The third-order valence-corrected chi connectivity index (χ3v) is 2.45. The summed E-state index contributed by atoms with van der Waals surface area (Å²) in [7, 11) is -4.07. The molecule has 0 aromatic heterocycles. The molecule has 0 fully saturated rings. The highest BCUT2D eigenvalue weighted by Crippen LogP contribution is 2.39. The number of carbonyl (C=O) groups is 1. The zero-order valence-electron chi connectivity index (χ0n) is 8.24. The van der Waals surface area contributed by atoms with E-state index in [0.29, 0.717) is 11.3 Å². The molecule has 0 unspecified atom stereocenters. The SMILES string of the molecule is O=C(O)COc1ccc(CP(=O)(O)O)cc1. The summed E-state index contributed by atoms with van der Waals surface area (Å²) in [5, 5.41) is 8.35. The fourth-order valence-corrected chi connectivity index (χ4v) is 1.76. The van der Waals surface area contributed by atoms with Crippen molar-refractivity contribution in [1.82, 2.24) is 0 Å². The highest BCUT2D eigenvalue weighted by molar-refractivity contribution is 7.50. The molecule has 0 radical (unpaired) electrons. The molecule has 0 bridgehead atoms. The van der Waals surface area contributed by atoms with Gasteiger partial charge in [0, 0.05) is 0 Å². The predicted octanol–water partition coefficient (Wildman–Crippen LogP) is 0.828. The van der Waals surface area contributed by atoms with Gasteiger partial charge in [0.15, 0.2) is 6.61 Å². The van der Waals surface area contributed by atoms with Crippen LogP contribution in [0.3, 0.4) is 0 Å². The van der Waals surface area contributed by atoms with E-state index in [0.717, 1.165) is 0 Å². The lowest BCUT2D eigenvalue weighted by Crippen LogP contribution is -2.09. The lowest BCUT2D eigenvalue weighted by Gasteiger charge is -2.06. The molecule has 6 nitrogen and oxygen atoms in total. The van der Waals surface area contributed by atoms with E-state index in [1.165, 1.54) is 24.3 Å². The first-order chi connectivity index (χ1) is 7.37. The molecule has 0 aliphatic heterocycles. The molecule has 1 aromatic carbocycles. The molecule has 0 saturated carbocycles. The summed E-state index contributed by atoms with van der Waals surface area (Å²) in [6, 6.07) is 5.90. The van der Waals surface area contributed by atoms with Crippen LogP contribution < -0.4 is 4.74 Å². The van der Waals surface area contributed by atoms with Crippen molar-refractivity contribution in [3.8, 4) is 5.75 Å². The van der Waals surface area contributed by atoms with E-state index in [4.69, 9.17) is 19.6 Å². The van der Waals surface area contributed by atoms with Crippen molar-refractivity contribution in [3.63, 3.8) is 0 Å². The minimum Gasteiger partial charge on any atom is -0.482 e.